The van der Waals surface area contributed by atoms with Crippen molar-refractivity contribution in [2.24, 2.45) is 0 Å². The fourth-order valence-corrected chi connectivity index (χ4v) is 7.49. The van der Waals surface area contributed by atoms with Crippen LogP contribution in [0.1, 0.15) is 263 Å². The van der Waals surface area contributed by atoms with Crippen molar-refractivity contribution in [3.63, 3.8) is 0 Å². The third-order valence-corrected chi connectivity index (χ3v) is 10.9. The fourth-order valence-electron chi connectivity index (χ4n) is 7.49. The number of rotatable bonds is 45. The third kappa shape index (κ3) is 50.2. The normalized spacial score (nSPS) is 11.9. The number of carboxylic acids is 2. The van der Waals surface area contributed by atoms with Crippen molar-refractivity contribution in [3.8, 4) is 0 Å². The van der Waals surface area contributed by atoms with Crippen LogP contribution in [0, 0.1) is 0 Å². The molecule has 0 amide bonds. The molecule has 0 spiro atoms. The predicted molar refractivity (Wildman–Crippen MR) is 232 cm³/mol. The highest BCUT2D eigenvalue weighted by molar-refractivity contribution is 5.79. The van der Waals surface area contributed by atoms with Gasteiger partial charge in [0.05, 0.1) is 0 Å². The minimum absolute atomic E-state index is 0.831. The molecule has 0 fully saturated rings. The number of hydrogen-bond donors (Lipinski definition) is 2. The van der Waals surface area contributed by atoms with E-state index in [1.807, 2.05) is 0 Å². The standard InChI is InChI=1S/C49H90O4/c50-48(51)46-44-42-40-38-36-34-32-30-28-26-24-22-20-18-16-14-12-10-8-6-4-2-1-3-5-7-9-11-13-15-17-19-21-23-25-27-29-31-33-35-37-39-41-43-45-47-49(52)53/h28,30,44-47H,1-27,29,31-43H2,(H,50,51)(H,52,53). The van der Waals surface area contributed by atoms with Crippen LogP contribution in [0.3, 0.4) is 0 Å². The van der Waals surface area contributed by atoms with Crippen LogP contribution in [0.15, 0.2) is 36.5 Å². The monoisotopic (exact) mass is 743 g/mol. The van der Waals surface area contributed by atoms with E-state index in [0.717, 1.165) is 25.7 Å². The van der Waals surface area contributed by atoms with E-state index in [0.29, 0.717) is 0 Å². The van der Waals surface area contributed by atoms with Crippen molar-refractivity contribution in [1.29, 1.82) is 0 Å². The summed E-state index contributed by atoms with van der Waals surface area (Å²) in [5.41, 5.74) is 0. The fraction of sp³-hybridized carbons (Fsp3) is 0.837. The van der Waals surface area contributed by atoms with E-state index >= 15 is 0 Å². The molecule has 0 aliphatic rings. The Morgan fingerprint density at radius 3 is 0.509 bits per heavy atom. The molecule has 0 unspecified atom stereocenters. The van der Waals surface area contributed by atoms with Crippen LogP contribution in [-0.2, 0) is 9.59 Å². The third-order valence-electron chi connectivity index (χ3n) is 10.9. The maximum Gasteiger partial charge on any atom is 0.327 e. The molecule has 2 N–H and O–H groups in total. The summed E-state index contributed by atoms with van der Waals surface area (Å²) in [4.78, 5) is 20.8. The van der Waals surface area contributed by atoms with Crippen LogP contribution in [0.4, 0.5) is 0 Å². The summed E-state index contributed by atoms with van der Waals surface area (Å²) < 4.78 is 0. The Hall–Kier alpha value is -1.84. The van der Waals surface area contributed by atoms with E-state index in [1.54, 1.807) is 12.2 Å². The second-order valence-electron chi connectivity index (χ2n) is 16.2. The van der Waals surface area contributed by atoms with Gasteiger partial charge in [-0.2, -0.15) is 0 Å². The molecule has 0 radical (unpaired) electrons. The van der Waals surface area contributed by atoms with Crippen LogP contribution in [-0.4, -0.2) is 22.2 Å². The van der Waals surface area contributed by atoms with Gasteiger partial charge in [-0.25, -0.2) is 9.59 Å². The van der Waals surface area contributed by atoms with Crippen LogP contribution in [0.2, 0.25) is 0 Å². The zero-order valence-corrected chi connectivity index (χ0v) is 35.2. The first kappa shape index (κ1) is 51.2. The van der Waals surface area contributed by atoms with Crippen molar-refractivity contribution in [2.45, 2.75) is 263 Å². The van der Waals surface area contributed by atoms with Crippen molar-refractivity contribution < 1.29 is 19.8 Å². The Bertz CT molecular complexity index is 828. The lowest BCUT2D eigenvalue weighted by atomic mass is 10.0. The molecule has 4 heteroatoms. The molecule has 53 heavy (non-hydrogen) atoms. The van der Waals surface area contributed by atoms with Gasteiger partial charge in [-0.15, -0.1) is 0 Å². The largest absolute Gasteiger partial charge is 0.478 e. The minimum Gasteiger partial charge on any atom is -0.478 e. The lowest BCUT2D eigenvalue weighted by Gasteiger charge is -2.05. The van der Waals surface area contributed by atoms with Crippen LogP contribution < -0.4 is 0 Å². The first-order valence-electron chi connectivity index (χ1n) is 23.6. The first-order chi connectivity index (χ1) is 26.1. The van der Waals surface area contributed by atoms with Gasteiger partial charge in [0.25, 0.3) is 0 Å². The second-order valence-corrected chi connectivity index (χ2v) is 16.2. The number of aliphatic carboxylic acids is 2. The molecule has 0 atom stereocenters. The molecule has 0 saturated heterocycles. The lowest BCUT2D eigenvalue weighted by molar-refractivity contribution is -0.132. The highest BCUT2D eigenvalue weighted by Crippen LogP contribution is 2.17. The van der Waals surface area contributed by atoms with E-state index in [1.165, 1.54) is 250 Å². The highest BCUT2D eigenvalue weighted by Gasteiger charge is 1.98. The first-order valence-corrected chi connectivity index (χ1v) is 23.6. The SMILES string of the molecule is O=C(O)C=CCCCCCCC=CCCCCCCCCCCCCCCCCCCCCCCCCCCCCCCCCCCCC=CC(=O)O. The number of hydrogen-bond acceptors (Lipinski definition) is 2. The molecule has 0 aromatic carbocycles. The predicted octanol–water partition coefficient (Wildman–Crippen LogP) is 16.8. The van der Waals surface area contributed by atoms with Gasteiger partial charge >= 0.3 is 11.9 Å². The van der Waals surface area contributed by atoms with Crippen LogP contribution in [0.25, 0.3) is 0 Å². The average Bonchev–Trinajstić information content (AvgIpc) is 3.14. The molecule has 310 valence electrons. The van der Waals surface area contributed by atoms with E-state index in [9.17, 15) is 9.59 Å². The molecular weight excluding hydrogens is 653 g/mol. The zero-order valence-electron chi connectivity index (χ0n) is 35.2. The van der Waals surface area contributed by atoms with Gasteiger partial charge in [0, 0.05) is 12.2 Å². The molecule has 0 aliphatic carbocycles. The summed E-state index contributed by atoms with van der Waals surface area (Å²) in [7, 11) is 0. The minimum atomic E-state index is -0.840. The van der Waals surface area contributed by atoms with Crippen LogP contribution >= 0.6 is 0 Å². The summed E-state index contributed by atoms with van der Waals surface area (Å²) in [6, 6.07) is 0. The van der Waals surface area contributed by atoms with Crippen molar-refractivity contribution in [2.75, 3.05) is 0 Å². The average molecular weight is 743 g/mol. The Balaban J connectivity index is 3.11. The Morgan fingerprint density at radius 1 is 0.226 bits per heavy atom. The van der Waals surface area contributed by atoms with E-state index < -0.39 is 11.9 Å². The van der Waals surface area contributed by atoms with Crippen molar-refractivity contribution >= 4 is 11.9 Å². The number of carbonyl (C=O) groups is 2. The molecule has 0 bridgehead atoms. The number of allylic oxidation sites excluding steroid dienone is 4. The Labute approximate surface area is 330 Å². The Morgan fingerprint density at radius 2 is 0.358 bits per heavy atom. The van der Waals surface area contributed by atoms with Gasteiger partial charge in [-0.3, -0.25) is 0 Å². The van der Waals surface area contributed by atoms with Crippen molar-refractivity contribution in [3.05, 3.63) is 36.5 Å². The molecule has 0 aromatic rings. The van der Waals surface area contributed by atoms with Gasteiger partial charge < -0.3 is 10.2 Å². The van der Waals surface area contributed by atoms with E-state index in [4.69, 9.17) is 10.2 Å². The molecular formula is C49H90O4. The topological polar surface area (TPSA) is 74.6 Å². The smallest absolute Gasteiger partial charge is 0.327 e. The highest BCUT2D eigenvalue weighted by atomic mass is 16.4. The maximum absolute atomic E-state index is 10.4. The molecule has 0 saturated carbocycles. The van der Waals surface area contributed by atoms with Gasteiger partial charge in [0.15, 0.2) is 0 Å². The van der Waals surface area contributed by atoms with E-state index in [2.05, 4.69) is 12.2 Å². The zero-order chi connectivity index (χ0) is 38.4. The number of carboxylic acid groups (broad SMARTS) is 2. The Kier molecular flexibility index (Phi) is 44.7. The summed E-state index contributed by atoms with van der Waals surface area (Å²) in [6.07, 6.45) is 66.5. The van der Waals surface area contributed by atoms with Gasteiger partial charge in [-0.05, 0) is 51.4 Å². The summed E-state index contributed by atoms with van der Waals surface area (Å²) >= 11 is 0. The summed E-state index contributed by atoms with van der Waals surface area (Å²) in [5, 5.41) is 17.1. The van der Waals surface area contributed by atoms with E-state index in [-0.39, 0.29) is 0 Å². The quantitative estimate of drug-likeness (QED) is 0.0370. The lowest BCUT2D eigenvalue weighted by Crippen LogP contribution is -1.86. The van der Waals surface area contributed by atoms with Crippen LogP contribution in [0.5, 0.6) is 0 Å². The molecule has 0 aliphatic heterocycles. The van der Waals surface area contributed by atoms with Crippen molar-refractivity contribution in [1.82, 2.24) is 0 Å². The number of unbranched alkanes of at least 4 members (excludes halogenated alkanes) is 39. The molecule has 0 rings (SSSR count). The summed E-state index contributed by atoms with van der Waals surface area (Å²) in [5.74, 6) is -1.67. The van der Waals surface area contributed by atoms with Gasteiger partial charge in [-0.1, -0.05) is 236 Å². The maximum atomic E-state index is 10.4. The van der Waals surface area contributed by atoms with Gasteiger partial charge in [0.1, 0.15) is 0 Å². The molecule has 0 aromatic heterocycles. The second kappa shape index (κ2) is 46.3. The van der Waals surface area contributed by atoms with Gasteiger partial charge in [0.2, 0.25) is 0 Å². The molecule has 4 nitrogen and oxygen atoms in total. The summed E-state index contributed by atoms with van der Waals surface area (Å²) in [6.45, 7) is 0. The molecule has 0 heterocycles.